The molecular formula is C11H14N2O3. The Morgan fingerprint density at radius 3 is 2.75 bits per heavy atom. The van der Waals surface area contributed by atoms with Gasteiger partial charge in [-0.05, 0) is 31.5 Å². The van der Waals surface area contributed by atoms with E-state index in [1.165, 1.54) is 6.92 Å². The van der Waals surface area contributed by atoms with Gasteiger partial charge in [0.15, 0.2) is 5.75 Å². The summed E-state index contributed by atoms with van der Waals surface area (Å²) in [5, 5.41) is 2.31. The van der Waals surface area contributed by atoms with Crippen molar-refractivity contribution in [2.24, 2.45) is 0 Å². The van der Waals surface area contributed by atoms with Gasteiger partial charge < -0.3 is 15.8 Å². The van der Waals surface area contributed by atoms with Crippen molar-refractivity contribution in [3.63, 3.8) is 0 Å². The lowest BCUT2D eigenvalue weighted by molar-refractivity contribution is -0.116. The van der Waals surface area contributed by atoms with E-state index in [4.69, 9.17) is 10.5 Å². The molecule has 5 heteroatoms. The fourth-order valence-electron chi connectivity index (χ4n) is 1.06. The molecule has 86 valence electrons. The van der Waals surface area contributed by atoms with Gasteiger partial charge in [-0.3, -0.25) is 4.79 Å². The molecule has 1 amide bonds. The molecule has 0 atom stereocenters. The zero-order chi connectivity index (χ0) is 12.1. The number of hydrogen-bond donors (Lipinski definition) is 2. The first-order chi connectivity index (χ1) is 7.49. The van der Waals surface area contributed by atoms with Crippen LogP contribution in [0.25, 0.3) is 0 Å². The molecule has 0 saturated heterocycles. The molecule has 16 heavy (non-hydrogen) atoms. The molecule has 0 aliphatic carbocycles. The molecule has 1 rings (SSSR count). The van der Waals surface area contributed by atoms with Gasteiger partial charge in [-0.2, -0.15) is 0 Å². The van der Waals surface area contributed by atoms with Crippen LogP contribution in [0.2, 0.25) is 0 Å². The predicted octanol–water partition coefficient (Wildman–Crippen LogP) is 1.25. The Hall–Kier alpha value is -2.04. The number of nitrogens with one attached hydrogen (secondary N) is 1. The van der Waals surface area contributed by atoms with Crippen molar-refractivity contribution in [3.05, 3.63) is 23.8 Å². The van der Waals surface area contributed by atoms with Gasteiger partial charge in [0, 0.05) is 0 Å². The second kappa shape index (κ2) is 5.16. The highest BCUT2D eigenvalue weighted by molar-refractivity contribution is 5.82. The van der Waals surface area contributed by atoms with E-state index >= 15 is 0 Å². The summed E-state index contributed by atoms with van der Waals surface area (Å²) < 4.78 is 4.95. The normalized spacial score (nSPS) is 9.62. The summed E-state index contributed by atoms with van der Waals surface area (Å²) in [7, 11) is 0. The predicted molar refractivity (Wildman–Crippen MR) is 60.3 cm³/mol. The monoisotopic (exact) mass is 222 g/mol. The van der Waals surface area contributed by atoms with E-state index in [1.807, 2.05) is 13.0 Å². The number of benzene rings is 1. The van der Waals surface area contributed by atoms with Gasteiger partial charge in [0.2, 0.25) is 0 Å². The molecule has 0 unspecified atom stereocenters. The van der Waals surface area contributed by atoms with E-state index < -0.39 is 6.09 Å². The highest BCUT2D eigenvalue weighted by Gasteiger charge is 2.07. The molecular weight excluding hydrogens is 208 g/mol. The lowest BCUT2D eigenvalue weighted by Gasteiger charge is -2.08. The maximum absolute atomic E-state index is 11.2. The van der Waals surface area contributed by atoms with Gasteiger partial charge in [-0.25, -0.2) is 4.79 Å². The number of carbonyl (C=O) groups excluding carboxylic acids is 2. The van der Waals surface area contributed by atoms with Gasteiger partial charge in [-0.15, -0.1) is 0 Å². The molecule has 0 bridgehead atoms. The van der Waals surface area contributed by atoms with Crippen LogP contribution in [0.15, 0.2) is 18.2 Å². The van der Waals surface area contributed by atoms with Crippen LogP contribution < -0.4 is 15.8 Å². The molecule has 0 aliphatic rings. The molecule has 0 aliphatic heterocycles. The largest absolute Gasteiger partial charge is 0.413 e. The molecule has 0 spiro atoms. The number of rotatable bonds is 3. The van der Waals surface area contributed by atoms with Crippen molar-refractivity contribution in [3.8, 4) is 5.75 Å². The Labute approximate surface area is 93.6 Å². The van der Waals surface area contributed by atoms with Crippen molar-refractivity contribution < 1.29 is 14.3 Å². The fourth-order valence-corrected chi connectivity index (χ4v) is 1.06. The number of ketones is 1. The number of amides is 1. The number of anilines is 1. The van der Waals surface area contributed by atoms with Crippen LogP contribution in [0.3, 0.4) is 0 Å². The molecule has 3 N–H and O–H groups in total. The van der Waals surface area contributed by atoms with E-state index in [0.29, 0.717) is 11.4 Å². The van der Waals surface area contributed by atoms with Gasteiger partial charge in [0.25, 0.3) is 0 Å². The lowest BCUT2D eigenvalue weighted by Crippen LogP contribution is -2.31. The highest BCUT2D eigenvalue weighted by atomic mass is 16.6. The van der Waals surface area contributed by atoms with Crippen LogP contribution in [0.1, 0.15) is 12.5 Å². The summed E-state index contributed by atoms with van der Waals surface area (Å²) in [6, 6.07) is 5.13. The number of nitrogens with two attached hydrogens (primary N) is 1. The molecule has 5 nitrogen and oxygen atoms in total. The minimum Gasteiger partial charge on any atom is -0.408 e. The van der Waals surface area contributed by atoms with E-state index in [9.17, 15) is 9.59 Å². The summed E-state index contributed by atoms with van der Waals surface area (Å²) in [5.74, 6) is 0.148. The summed E-state index contributed by atoms with van der Waals surface area (Å²) >= 11 is 0. The number of aryl methyl sites for hydroxylation is 1. The van der Waals surface area contributed by atoms with Gasteiger partial charge >= 0.3 is 6.09 Å². The Bertz CT molecular complexity index is 416. The van der Waals surface area contributed by atoms with Crippen molar-refractivity contribution in [1.82, 2.24) is 5.32 Å². The summed E-state index contributed by atoms with van der Waals surface area (Å²) in [4.78, 5) is 21.9. The zero-order valence-electron chi connectivity index (χ0n) is 9.24. The Balaban J connectivity index is 2.62. The van der Waals surface area contributed by atoms with Crippen LogP contribution in [0.5, 0.6) is 5.75 Å². The number of ether oxygens (including phenoxy) is 1. The molecule has 0 aromatic heterocycles. The number of hydrogen-bond acceptors (Lipinski definition) is 4. The molecule has 0 heterocycles. The summed E-state index contributed by atoms with van der Waals surface area (Å²) in [6.07, 6.45) is -0.687. The van der Waals surface area contributed by atoms with Crippen LogP contribution in [0.4, 0.5) is 10.5 Å². The van der Waals surface area contributed by atoms with Gasteiger partial charge in [0.05, 0.1) is 12.2 Å². The highest BCUT2D eigenvalue weighted by Crippen LogP contribution is 2.22. The Morgan fingerprint density at radius 1 is 1.44 bits per heavy atom. The SMILES string of the molecule is CC(=O)CNC(=O)Oc1cc(C)ccc1N. The second-order valence-corrected chi connectivity index (χ2v) is 3.49. The van der Waals surface area contributed by atoms with Crippen molar-refractivity contribution in [1.29, 1.82) is 0 Å². The van der Waals surface area contributed by atoms with Gasteiger partial charge in [-0.1, -0.05) is 6.07 Å². The third kappa shape index (κ3) is 3.61. The zero-order valence-corrected chi connectivity index (χ0v) is 9.24. The molecule has 0 fully saturated rings. The molecule has 1 aromatic rings. The second-order valence-electron chi connectivity index (χ2n) is 3.49. The van der Waals surface area contributed by atoms with Crippen molar-refractivity contribution in [2.75, 3.05) is 12.3 Å². The smallest absolute Gasteiger partial charge is 0.408 e. The standard InChI is InChI=1S/C11H14N2O3/c1-7-3-4-9(12)10(5-7)16-11(15)13-6-8(2)14/h3-5H,6,12H2,1-2H3,(H,13,15). The number of nitrogen functional groups attached to an aromatic ring is 1. The van der Waals surface area contributed by atoms with Crippen LogP contribution in [-0.2, 0) is 4.79 Å². The Morgan fingerprint density at radius 2 is 2.12 bits per heavy atom. The third-order valence-corrected chi connectivity index (χ3v) is 1.85. The van der Waals surface area contributed by atoms with E-state index in [-0.39, 0.29) is 12.3 Å². The van der Waals surface area contributed by atoms with Crippen molar-refractivity contribution >= 4 is 17.6 Å². The van der Waals surface area contributed by atoms with Crippen LogP contribution in [-0.4, -0.2) is 18.4 Å². The molecule has 0 saturated carbocycles. The first-order valence-corrected chi connectivity index (χ1v) is 4.80. The summed E-state index contributed by atoms with van der Waals surface area (Å²) in [6.45, 7) is 3.19. The van der Waals surface area contributed by atoms with Gasteiger partial charge in [0.1, 0.15) is 5.78 Å². The minimum atomic E-state index is -0.687. The Kier molecular flexibility index (Phi) is 3.88. The quantitative estimate of drug-likeness (QED) is 0.754. The number of Topliss-reactive ketones (excluding diaryl/α,β-unsaturated/α-hetero) is 1. The average molecular weight is 222 g/mol. The first-order valence-electron chi connectivity index (χ1n) is 4.80. The van der Waals surface area contributed by atoms with Crippen LogP contribution >= 0.6 is 0 Å². The van der Waals surface area contributed by atoms with Crippen LogP contribution in [0, 0.1) is 6.92 Å². The van der Waals surface area contributed by atoms with E-state index in [2.05, 4.69) is 5.32 Å². The maximum Gasteiger partial charge on any atom is 0.413 e. The molecule has 0 radical (unpaired) electrons. The average Bonchev–Trinajstić information content (AvgIpc) is 2.20. The first kappa shape index (κ1) is 12.0. The maximum atomic E-state index is 11.2. The van der Waals surface area contributed by atoms with Crippen molar-refractivity contribution in [2.45, 2.75) is 13.8 Å². The summed E-state index contributed by atoms with van der Waals surface area (Å²) in [5.41, 5.74) is 6.93. The third-order valence-electron chi connectivity index (χ3n) is 1.85. The lowest BCUT2D eigenvalue weighted by atomic mass is 10.2. The topological polar surface area (TPSA) is 81.4 Å². The number of carbonyl (C=O) groups is 2. The molecule has 1 aromatic carbocycles. The fraction of sp³-hybridized carbons (Fsp3) is 0.273. The van der Waals surface area contributed by atoms with E-state index in [0.717, 1.165) is 5.56 Å². The minimum absolute atomic E-state index is 0.0510. The van der Waals surface area contributed by atoms with E-state index in [1.54, 1.807) is 12.1 Å².